The Balaban J connectivity index is 2.08. The Labute approximate surface area is 141 Å². The number of amides is 1. The van der Waals surface area contributed by atoms with E-state index in [0.717, 1.165) is 24.0 Å². The van der Waals surface area contributed by atoms with Crippen LogP contribution in [0.25, 0.3) is 5.57 Å². The maximum atomic E-state index is 11.9. The van der Waals surface area contributed by atoms with Crippen LogP contribution in [-0.4, -0.2) is 41.5 Å². The fourth-order valence-electron chi connectivity index (χ4n) is 2.88. The molecule has 2 atom stereocenters. The van der Waals surface area contributed by atoms with E-state index in [4.69, 9.17) is 9.84 Å². The van der Waals surface area contributed by atoms with Crippen LogP contribution < -0.4 is 5.32 Å². The van der Waals surface area contributed by atoms with E-state index in [1.165, 1.54) is 12.7 Å². The summed E-state index contributed by atoms with van der Waals surface area (Å²) < 4.78 is 4.97. The molecule has 6 heteroatoms. The van der Waals surface area contributed by atoms with Gasteiger partial charge in [0.1, 0.15) is 0 Å². The molecule has 0 heterocycles. The molecule has 1 aliphatic rings. The first-order chi connectivity index (χ1) is 11.5. The normalized spacial score (nSPS) is 15.8. The summed E-state index contributed by atoms with van der Waals surface area (Å²) >= 11 is 0. The molecule has 0 aromatic heterocycles. The number of rotatable bonds is 8. The van der Waals surface area contributed by atoms with Crippen molar-refractivity contribution >= 4 is 17.4 Å². The van der Waals surface area contributed by atoms with E-state index in [2.05, 4.69) is 17.5 Å². The number of allylic oxidation sites excluding steroid dienone is 1. The number of fused-ring (bicyclic) bond motifs is 1. The van der Waals surface area contributed by atoms with Gasteiger partial charge in [0, 0.05) is 13.5 Å². The Kier molecular flexibility index (Phi) is 6.52. The second kappa shape index (κ2) is 8.61. The molecule has 0 fully saturated rings. The third-order valence-electron chi connectivity index (χ3n) is 4.11. The van der Waals surface area contributed by atoms with Crippen LogP contribution in [0.15, 0.2) is 30.3 Å². The minimum absolute atomic E-state index is 0.127. The number of aliphatic hydroxyl groups is 1. The average Bonchev–Trinajstić information content (AvgIpc) is 2.59. The van der Waals surface area contributed by atoms with Gasteiger partial charge >= 0.3 is 5.97 Å². The molecule has 3 N–H and O–H groups in total. The summed E-state index contributed by atoms with van der Waals surface area (Å²) in [5.74, 6) is -1.44. The molecule has 1 aliphatic carbocycles. The van der Waals surface area contributed by atoms with Crippen molar-refractivity contribution in [3.8, 4) is 0 Å². The standard InChI is InChI=1S/C18H23NO5/c1-24-18(23)15(19-16(20)9-10-17(21)22)11-13-7-4-6-12-5-2-3-8-14(12)13/h2-3,5,7-8,15,18,23H,4,6,9-11H2,1H3,(H,19,20)(H,21,22). The van der Waals surface area contributed by atoms with Crippen LogP contribution in [0.1, 0.15) is 36.8 Å². The van der Waals surface area contributed by atoms with Crippen molar-refractivity contribution in [1.82, 2.24) is 5.32 Å². The highest BCUT2D eigenvalue weighted by molar-refractivity contribution is 5.81. The molecule has 0 aliphatic heterocycles. The predicted molar refractivity (Wildman–Crippen MR) is 89.2 cm³/mol. The molecular formula is C18H23NO5. The zero-order valence-electron chi connectivity index (χ0n) is 13.7. The molecule has 0 saturated heterocycles. The lowest BCUT2D eigenvalue weighted by atomic mass is 9.87. The number of methoxy groups -OCH3 is 1. The van der Waals surface area contributed by atoms with E-state index in [1.54, 1.807) is 0 Å². The van der Waals surface area contributed by atoms with Crippen molar-refractivity contribution in [2.24, 2.45) is 0 Å². The molecule has 0 bridgehead atoms. The van der Waals surface area contributed by atoms with Crippen LogP contribution in [0.5, 0.6) is 0 Å². The highest BCUT2D eigenvalue weighted by Gasteiger charge is 2.24. The molecule has 2 rings (SSSR count). The van der Waals surface area contributed by atoms with Gasteiger partial charge in [0.05, 0.1) is 12.5 Å². The number of nitrogens with one attached hydrogen (secondary N) is 1. The van der Waals surface area contributed by atoms with Gasteiger partial charge < -0.3 is 20.3 Å². The summed E-state index contributed by atoms with van der Waals surface area (Å²) in [6, 6.07) is 7.44. The molecule has 1 aromatic carbocycles. The number of aryl methyl sites for hydroxylation is 1. The van der Waals surface area contributed by atoms with Gasteiger partial charge in [-0.2, -0.15) is 0 Å². The van der Waals surface area contributed by atoms with E-state index in [0.29, 0.717) is 6.42 Å². The number of carbonyl (C=O) groups excluding carboxylic acids is 1. The van der Waals surface area contributed by atoms with Gasteiger partial charge in [-0.05, 0) is 36.0 Å². The maximum Gasteiger partial charge on any atom is 0.303 e. The van der Waals surface area contributed by atoms with E-state index < -0.39 is 24.2 Å². The Bertz CT molecular complexity index is 626. The highest BCUT2D eigenvalue weighted by atomic mass is 16.6. The van der Waals surface area contributed by atoms with Gasteiger partial charge in [-0.3, -0.25) is 9.59 Å². The molecule has 0 radical (unpaired) electrons. The van der Waals surface area contributed by atoms with Crippen molar-refractivity contribution in [1.29, 1.82) is 0 Å². The molecule has 0 spiro atoms. The highest BCUT2D eigenvalue weighted by Crippen LogP contribution is 2.30. The summed E-state index contributed by atoms with van der Waals surface area (Å²) in [5, 5.41) is 21.4. The van der Waals surface area contributed by atoms with Crippen molar-refractivity contribution in [2.75, 3.05) is 7.11 Å². The van der Waals surface area contributed by atoms with Crippen LogP contribution in [0.2, 0.25) is 0 Å². The van der Waals surface area contributed by atoms with E-state index in [-0.39, 0.29) is 12.8 Å². The molecule has 130 valence electrons. The molecular weight excluding hydrogens is 310 g/mol. The van der Waals surface area contributed by atoms with Crippen LogP contribution in [0, 0.1) is 0 Å². The number of carbonyl (C=O) groups is 2. The number of ether oxygens (including phenoxy) is 1. The van der Waals surface area contributed by atoms with Gasteiger partial charge in [0.15, 0.2) is 6.29 Å². The summed E-state index contributed by atoms with van der Waals surface area (Å²) in [5.41, 5.74) is 3.42. The molecule has 1 aromatic rings. The summed E-state index contributed by atoms with van der Waals surface area (Å²) in [4.78, 5) is 22.5. The minimum Gasteiger partial charge on any atom is -0.481 e. The van der Waals surface area contributed by atoms with Gasteiger partial charge in [-0.25, -0.2) is 0 Å². The summed E-state index contributed by atoms with van der Waals surface area (Å²) in [7, 11) is 1.37. The fourth-order valence-corrected chi connectivity index (χ4v) is 2.88. The SMILES string of the molecule is COC(O)C(CC1=CCCc2ccccc21)NC(=O)CCC(=O)O. The van der Waals surface area contributed by atoms with Gasteiger partial charge in [0.25, 0.3) is 0 Å². The minimum atomic E-state index is -1.16. The number of aliphatic hydroxyl groups excluding tert-OH is 1. The van der Waals surface area contributed by atoms with Gasteiger partial charge in [0.2, 0.25) is 5.91 Å². The average molecular weight is 333 g/mol. The largest absolute Gasteiger partial charge is 0.481 e. The maximum absolute atomic E-state index is 11.9. The van der Waals surface area contributed by atoms with Crippen LogP contribution in [0.3, 0.4) is 0 Å². The smallest absolute Gasteiger partial charge is 0.303 e. The van der Waals surface area contributed by atoms with Crippen molar-refractivity contribution in [3.05, 3.63) is 41.5 Å². The van der Waals surface area contributed by atoms with E-state index >= 15 is 0 Å². The summed E-state index contributed by atoms with van der Waals surface area (Å²) in [6.45, 7) is 0. The molecule has 6 nitrogen and oxygen atoms in total. The predicted octanol–water partition coefficient (Wildman–Crippen LogP) is 1.72. The van der Waals surface area contributed by atoms with E-state index in [9.17, 15) is 14.7 Å². The number of carboxylic acid groups (broad SMARTS) is 1. The molecule has 1 amide bonds. The number of hydrogen-bond acceptors (Lipinski definition) is 4. The van der Waals surface area contributed by atoms with Crippen molar-refractivity contribution in [3.63, 3.8) is 0 Å². The number of benzene rings is 1. The Hall–Kier alpha value is -2.18. The van der Waals surface area contributed by atoms with Crippen molar-refractivity contribution in [2.45, 2.75) is 44.4 Å². The van der Waals surface area contributed by atoms with Gasteiger partial charge in [-0.1, -0.05) is 30.3 Å². The van der Waals surface area contributed by atoms with E-state index in [1.807, 2.05) is 18.2 Å². The van der Waals surface area contributed by atoms with Crippen LogP contribution in [-0.2, 0) is 20.7 Å². The van der Waals surface area contributed by atoms with Gasteiger partial charge in [-0.15, -0.1) is 0 Å². The first-order valence-corrected chi connectivity index (χ1v) is 8.00. The fraction of sp³-hybridized carbons (Fsp3) is 0.444. The topological polar surface area (TPSA) is 95.9 Å². The lowest BCUT2D eigenvalue weighted by Gasteiger charge is -2.26. The third-order valence-corrected chi connectivity index (χ3v) is 4.11. The molecule has 2 unspecified atom stereocenters. The van der Waals surface area contributed by atoms with Crippen LogP contribution >= 0.6 is 0 Å². The van der Waals surface area contributed by atoms with Crippen molar-refractivity contribution < 1.29 is 24.5 Å². The first kappa shape index (κ1) is 18.2. The second-order valence-corrected chi connectivity index (χ2v) is 5.82. The number of aliphatic carboxylic acids is 1. The number of carboxylic acids is 1. The zero-order chi connectivity index (χ0) is 17.5. The Morgan fingerprint density at radius 3 is 2.75 bits per heavy atom. The third kappa shape index (κ3) is 4.91. The monoisotopic (exact) mass is 333 g/mol. The lowest BCUT2D eigenvalue weighted by Crippen LogP contribution is -2.44. The van der Waals surface area contributed by atoms with Crippen LogP contribution in [0.4, 0.5) is 0 Å². The quantitative estimate of drug-likeness (QED) is 0.630. The molecule has 24 heavy (non-hydrogen) atoms. The zero-order valence-corrected chi connectivity index (χ0v) is 13.7. The lowest BCUT2D eigenvalue weighted by molar-refractivity contribution is -0.139. The number of hydrogen-bond donors (Lipinski definition) is 3. The Morgan fingerprint density at radius 2 is 2.04 bits per heavy atom. The Morgan fingerprint density at radius 1 is 1.29 bits per heavy atom. The molecule has 0 saturated carbocycles. The summed E-state index contributed by atoms with van der Waals surface area (Å²) in [6.07, 6.45) is 2.89. The second-order valence-electron chi connectivity index (χ2n) is 5.82. The first-order valence-electron chi connectivity index (χ1n) is 8.00.